The summed E-state index contributed by atoms with van der Waals surface area (Å²) in [6, 6.07) is 1.66. The first-order chi connectivity index (χ1) is 6.49. The summed E-state index contributed by atoms with van der Waals surface area (Å²) in [6.07, 6.45) is 0. The summed E-state index contributed by atoms with van der Waals surface area (Å²) in [5.41, 5.74) is 5.20. The van der Waals surface area contributed by atoms with Crippen molar-refractivity contribution in [2.45, 2.75) is 13.0 Å². The third-order valence-electron chi connectivity index (χ3n) is 1.43. The van der Waals surface area contributed by atoms with Gasteiger partial charge in [-0.3, -0.25) is 0 Å². The van der Waals surface area contributed by atoms with Crippen molar-refractivity contribution in [3.8, 4) is 5.75 Å². The Hall–Kier alpha value is -1.49. The Morgan fingerprint density at radius 2 is 1.86 bits per heavy atom. The third kappa shape index (κ3) is 2.77. The van der Waals surface area contributed by atoms with Gasteiger partial charge in [0.05, 0.1) is 0 Å². The lowest BCUT2D eigenvalue weighted by Crippen LogP contribution is -2.30. The molecule has 0 saturated carbocycles. The van der Waals surface area contributed by atoms with E-state index in [1.807, 2.05) is 0 Å². The van der Waals surface area contributed by atoms with Crippen LogP contribution in [-0.2, 0) is 4.79 Å². The molecular formula is C9H9F2NO2. The topological polar surface area (TPSA) is 52.3 Å². The lowest BCUT2D eigenvalue weighted by atomic mass is 10.3. The third-order valence-corrected chi connectivity index (χ3v) is 1.43. The van der Waals surface area contributed by atoms with E-state index in [2.05, 4.69) is 4.74 Å². The number of esters is 1. The summed E-state index contributed by atoms with van der Waals surface area (Å²) in [7, 11) is 0. The van der Waals surface area contributed by atoms with Gasteiger partial charge < -0.3 is 10.5 Å². The lowest BCUT2D eigenvalue weighted by Gasteiger charge is -2.06. The Bertz CT molecular complexity index is 332. The maximum absolute atomic E-state index is 12.6. The van der Waals surface area contributed by atoms with E-state index in [1.54, 1.807) is 0 Å². The highest BCUT2D eigenvalue weighted by Crippen LogP contribution is 2.15. The van der Waals surface area contributed by atoms with Gasteiger partial charge in [0.1, 0.15) is 23.4 Å². The Kier molecular flexibility index (Phi) is 3.14. The van der Waals surface area contributed by atoms with Crippen LogP contribution in [0.5, 0.6) is 5.75 Å². The van der Waals surface area contributed by atoms with Gasteiger partial charge in [0.25, 0.3) is 0 Å². The van der Waals surface area contributed by atoms with Crippen LogP contribution in [-0.4, -0.2) is 12.0 Å². The molecule has 5 heteroatoms. The van der Waals surface area contributed by atoms with E-state index in [9.17, 15) is 13.6 Å². The van der Waals surface area contributed by atoms with E-state index in [4.69, 9.17) is 5.73 Å². The molecule has 0 aliphatic rings. The van der Waals surface area contributed by atoms with Crippen LogP contribution in [0.3, 0.4) is 0 Å². The number of benzene rings is 1. The van der Waals surface area contributed by atoms with Crippen molar-refractivity contribution in [1.82, 2.24) is 0 Å². The monoisotopic (exact) mass is 201 g/mol. The molecule has 2 N–H and O–H groups in total. The Morgan fingerprint density at radius 1 is 1.36 bits per heavy atom. The van der Waals surface area contributed by atoms with E-state index in [0.717, 1.165) is 12.1 Å². The van der Waals surface area contributed by atoms with Crippen molar-refractivity contribution < 1.29 is 18.3 Å². The normalized spacial score (nSPS) is 12.3. The van der Waals surface area contributed by atoms with Gasteiger partial charge in [-0.15, -0.1) is 0 Å². The molecule has 1 aromatic carbocycles. The molecule has 0 amide bonds. The molecule has 3 nitrogen and oxygen atoms in total. The van der Waals surface area contributed by atoms with Crippen molar-refractivity contribution in [3.63, 3.8) is 0 Å². The molecule has 1 aromatic rings. The summed E-state index contributed by atoms with van der Waals surface area (Å²) < 4.78 is 29.8. The number of carbonyl (C=O) groups excluding carboxylic acids is 1. The average molecular weight is 201 g/mol. The molecule has 14 heavy (non-hydrogen) atoms. The van der Waals surface area contributed by atoms with Crippen molar-refractivity contribution in [2.24, 2.45) is 5.73 Å². The minimum absolute atomic E-state index is 0.190. The maximum Gasteiger partial charge on any atom is 0.328 e. The molecular weight excluding hydrogens is 192 g/mol. The Balaban J connectivity index is 2.82. The molecule has 0 aliphatic heterocycles. The lowest BCUT2D eigenvalue weighted by molar-refractivity contribution is -0.135. The summed E-state index contributed by atoms with van der Waals surface area (Å²) in [5.74, 6) is -2.55. The van der Waals surface area contributed by atoms with Crippen LogP contribution < -0.4 is 10.5 Å². The van der Waals surface area contributed by atoms with Crippen LogP contribution in [0, 0.1) is 11.6 Å². The molecule has 0 radical (unpaired) electrons. The van der Waals surface area contributed by atoms with Crippen molar-refractivity contribution in [1.29, 1.82) is 0 Å². The highest BCUT2D eigenvalue weighted by atomic mass is 19.1. The molecule has 0 saturated heterocycles. The molecule has 1 rings (SSSR count). The Labute approximate surface area is 79.5 Å². The average Bonchev–Trinajstić information content (AvgIpc) is 2.01. The fourth-order valence-corrected chi connectivity index (χ4v) is 0.797. The number of carbonyl (C=O) groups is 1. The summed E-state index contributed by atoms with van der Waals surface area (Å²) in [6.45, 7) is 1.41. The zero-order chi connectivity index (χ0) is 10.7. The van der Waals surface area contributed by atoms with E-state index in [-0.39, 0.29) is 5.75 Å². The van der Waals surface area contributed by atoms with Crippen molar-refractivity contribution in [3.05, 3.63) is 29.8 Å². The van der Waals surface area contributed by atoms with Crippen LogP contribution >= 0.6 is 0 Å². The number of hydrogen-bond acceptors (Lipinski definition) is 3. The number of rotatable bonds is 2. The SMILES string of the molecule is C[C@H](N)C(=O)Oc1cc(F)cc(F)c1. The first kappa shape index (κ1) is 10.6. The van der Waals surface area contributed by atoms with Crippen LogP contribution in [0.2, 0.25) is 0 Å². The predicted molar refractivity (Wildman–Crippen MR) is 45.6 cm³/mol. The summed E-state index contributed by atoms with van der Waals surface area (Å²) in [5, 5.41) is 0. The molecule has 0 spiro atoms. The van der Waals surface area contributed by atoms with E-state index < -0.39 is 23.6 Å². The van der Waals surface area contributed by atoms with E-state index >= 15 is 0 Å². The summed E-state index contributed by atoms with van der Waals surface area (Å²) >= 11 is 0. The molecule has 0 bridgehead atoms. The molecule has 0 fully saturated rings. The van der Waals surface area contributed by atoms with E-state index in [0.29, 0.717) is 6.07 Å². The highest BCUT2D eigenvalue weighted by Gasteiger charge is 2.11. The zero-order valence-electron chi connectivity index (χ0n) is 7.46. The second-order valence-electron chi connectivity index (χ2n) is 2.81. The smallest absolute Gasteiger partial charge is 0.328 e. The minimum atomic E-state index is -0.832. The predicted octanol–water partition coefficient (Wildman–Crippen LogP) is 1.22. The van der Waals surface area contributed by atoms with Gasteiger partial charge >= 0.3 is 5.97 Å². The molecule has 0 unspecified atom stereocenters. The van der Waals surface area contributed by atoms with Crippen LogP contribution in [0.25, 0.3) is 0 Å². The maximum atomic E-state index is 12.6. The standard InChI is InChI=1S/C9H9F2NO2/c1-5(12)9(13)14-8-3-6(10)2-7(11)4-8/h2-5H,12H2,1H3/t5-/m0/s1. The fourth-order valence-electron chi connectivity index (χ4n) is 0.797. The highest BCUT2D eigenvalue weighted by molar-refractivity contribution is 5.77. The number of ether oxygens (including phenoxy) is 1. The largest absolute Gasteiger partial charge is 0.425 e. The molecule has 76 valence electrons. The molecule has 1 atom stereocenters. The number of nitrogens with two attached hydrogens (primary N) is 1. The van der Waals surface area contributed by atoms with Crippen molar-refractivity contribution in [2.75, 3.05) is 0 Å². The van der Waals surface area contributed by atoms with Gasteiger partial charge in [0.2, 0.25) is 0 Å². The van der Waals surface area contributed by atoms with Crippen LogP contribution in [0.15, 0.2) is 18.2 Å². The molecule has 0 aliphatic carbocycles. The van der Waals surface area contributed by atoms with Gasteiger partial charge in [-0.25, -0.2) is 13.6 Å². The minimum Gasteiger partial charge on any atom is -0.425 e. The van der Waals surface area contributed by atoms with Gasteiger partial charge in [0.15, 0.2) is 0 Å². The first-order valence-corrected chi connectivity index (χ1v) is 3.92. The second-order valence-corrected chi connectivity index (χ2v) is 2.81. The van der Waals surface area contributed by atoms with Gasteiger partial charge in [-0.05, 0) is 6.92 Å². The number of halogens is 2. The Morgan fingerprint density at radius 3 is 2.29 bits per heavy atom. The number of hydrogen-bond donors (Lipinski definition) is 1. The first-order valence-electron chi connectivity index (χ1n) is 3.92. The quantitative estimate of drug-likeness (QED) is 0.578. The molecule has 0 aromatic heterocycles. The van der Waals surface area contributed by atoms with E-state index in [1.165, 1.54) is 6.92 Å². The zero-order valence-corrected chi connectivity index (χ0v) is 7.46. The van der Waals surface area contributed by atoms with Gasteiger partial charge in [-0.2, -0.15) is 0 Å². The molecule has 0 heterocycles. The van der Waals surface area contributed by atoms with Crippen molar-refractivity contribution >= 4 is 5.97 Å². The van der Waals surface area contributed by atoms with Crippen LogP contribution in [0.1, 0.15) is 6.92 Å². The van der Waals surface area contributed by atoms with Gasteiger partial charge in [-0.1, -0.05) is 0 Å². The fraction of sp³-hybridized carbons (Fsp3) is 0.222. The summed E-state index contributed by atoms with van der Waals surface area (Å²) in [4.78, 5) is 10.9. The van der Waals surface area contributed by atoms with Crippen LogP contribution in [0.4, 0.5) is 8.78 Å². The second kappa shape index (κ2) is 4.15. The van der Waals surface area contributed by atoms with Gasteiger partial charge in [0, 0.05) is 18.2 Å².